The van der Waals surface area contributed by atoms with Crippen molar-refractivity contribution in [2.45, 2.75) is 6.92 Å². The lowest BCUT2D eigenvalue weighted by Crippen LogP contribution is -2.48. The van der Waals surface area contributed by atoms with Gasteiger partial charge in [-0.2, -0.15) is 0 Å². The Morgan fingerprint density at radius 3 is 2.41 bits per heavy atom. The second-order valence-corrected chi connectivity index (χ2v) is 4.38. The molecule has 0 saturated carbocycles. The lowest BCUT2D eigenvalue weighted by Gasteiger charge is -2.34. The van der Waals surface area contributed by atoms with Crippen LogP contribution in [0.5, 0.6) is 0 Å². The quantitative estimate of drug-likeness (QED) is 0.703. The molecule has 0 unspecified atom stereocenters. The van der Waals surface area contributed by atoms with Gasteiger partial charge in [0, 0.05) is 45.8 Å². The van der Waals surface area contributed by atoms with E-state index in [1.807, 2.05) is 6.08 Å². The van der Waals surface area contributed by atoms with Crippen molar-refractivity contribution in [1.29, 1.82) is 0 Å². The summed E-state index contributed by atoms with van der Waals surface area (Å²) in [5, 5.41) is 0. The van der Waals surface area contributed by atoms with Crippen LogP contribution in [-0.4, -0.2) is 55.6 Å². The number of nitrogens with zero attached hydrogens (tertiary/aromatic N) is 2. The summed E-state index contributed by atoms with van der Waals surface area (Å²) in [5.74, 6) is 0. The Hall–Kier alpha value is -0.900. The third kappa shape index (κ3) is 5.31. The highest BCUT2D eigenvalue weighted by molar-refractivity contribution is 5.24. The van der Waals surface area contributed by atoms with Crippen LogP contribution in [0.15, 0.2) is 36.5 Å². The summed E-state index contributed by atoms with van der Waals surface area (Å²) >= 11 is 0. The molecule has 1 fully saturated rings. The zero-order chi connectivity index (χ0) is 12.5. The molecular weight excluding hydrogens is 210 g/mol. The Morgan fingerprint density at radius 2 is 1.88 bits per heavy atom. The Labute approximate surface area is 105 Å². The molecule has 17 heavy (non-hydrogen) atoms. The van der Waals surface area contributed by atoms with Gasteiger partial charge in [0.25, 0.3) is 0 Å². The minimum atomic E-state index is 0.764. The third-order valence-electron chi connectivity index (χ3n) is 3.03. The van der Waals surface area contributed by atoms with Gasteiger partial charge in [-0.25, -0.2) is 0 Å². The van der Waals surface area contributed by atoms with Crippen LogP contribution in [0.4, 0.5) is 0 Å². The van der Waals surface area contributed by atoms with Gasteiger partial charge < -0.3 is 5.73 Å². The number of hydrogen-bond acceptors (Lipinski definition) is 3. The normalized spacial score (nSPS) is 20.0. The molecule has 3 heteroatoms. The molecule has 0 spiro atoms. The summed E-state index contributed by atoms with van der Waals surface area (Å²) in [5.41, 5.74) is 6.90. The summed E-state index contributed by atoms with van der Waals surface area (Å²) in [4.78, 5) is 4.92. The maximum Gasteiger partial charge on any atom is 0.0234 e. The summed E-state index contributed by atoms with van der Waals surface area (Å²) in [6.45, 7) is 13.2. The highest BCUT2D eigenvalue weighted by Crippen LogP contribution is 2.06. The second-order valence-electron chi connectivity index (χ2n) is 4.38. The molecule has 0 amide bonds. The highest BCUT2D eigenvalue weighted by Gasteiger charge is 2.15. The molecular formula is C14H25N3. The van der Waals surface area contributed by atoms with Gasteiger partial charge in [0.2, 0.25) is 0 Å². The molecule has 1 aliphatic heterocycles. The highest BCUT2D eigenvalue weighted by atomic mass is 15.3. The molecule has 2 N–H and O–H groups in total. The molecule has 1 aliphatic rings. The van der Waals surface area contributed by atoms with Crippen LogP contribution >= 0.6 is 0 Å². The van der Waals surface area contributed by atoms with E-state index in [9.17, 15) is 0 Å². The maximum atomic E-state index is 5.57. The average molecular weight is 235 g/mol. The molecule has 1 rings (SSSR count). The SMILES string of the molecule is C=C/C=C(\C=C/C)CN1CCN(CCN)CC1. The standard InChI is InChI=1S/C14H25N3/c1-3-5-14(6-4-2)13-17-11-9-16(8-7-15)10-12-17/h3-6H,1,7-13,15H2,2H3/b6-4-,14-5+. The van der Waals surface area contributed by atoms with E-state index in [1.165, 1.54) is 5.57 Å². The molecule has 0 aromatic carbocycles. The Balaban J connectivity index is 2.38. The molecule has 0 aromatic heterocycles. The number of hydrogen-bond donors (Lipinski definition) is 1. The van der Waals surface area contributed by atoms with Crippen molar-refractivity contribution in [3.8, 4) is 0 Å². The van der Waals surface area contributed by atoms with Gasteiger partial charge >= 0.3 is 0 Å². The van der Waals surface area contributed by atoms with Gasteiger partial charge in [0.05, 0.1) is 0 Å². The number of allylic oxidation sites excluding steroid dienone is 3. The Kier molecular flexibility index (Phi) is 6.86. The van der Waals surface area contributed by atoms with Crippen molar-refractivity contribution in [2.24, 2.45) is 5.73 Å². The van der Waals surface area contributed by atoms with Gasteiger partial charge in [-0.3, -0.25) is 9.80 Å². The fourth-order valence-corrected chi connectivity index (χ4v) is 2.14. The van der Waals surface area contributed by atoms with Gasteiger partial charge in [-0.1, -0.05) is 30.9 Å². The summed E-state index contributed by atoms with van der Waals surface area (Å²) < 4.78 is 0. The topological polar surface area (TPSA) is 32.5 Å². The predicted octanol–water partition coefficient (Wildman–Crippen LogP) is 1.25. The predicted molar refractivity (Wildman–Crippen MR) is 75.0 cm³/mol. The Bertz CT molecular complexity index is 273. The van der Waals surface area contributed by atoms with Crippen LogP contribution in [0.3, 0.4) is 0 Å². The van der Waals surface area contributed by atoms with Crippen molar-refractivity contribution >= 4 is 0 Å². The zero-order valence-electron chi connectivity index (χ0n) is 10.9. The first-order valence-corrected chi connectivity index (χ1v) is 6.39. The maximum absolute atomic E-state index is 5.57. The van der Waals surface area contributed by atoms with Crippen molar-refractivity contribution in [1.82, 2.24) is 9.80 Å². The van der Waals surface area contributed by atoms with Gasteiger partial charge in [-0.15, -0.1) is 0 Å². The van der Waals surface area contributed by atoms with Crippen molar-refractivity contribution in [3.63, 3.8) is 0 Å². The first kappa shape index (κ1) is 14.2. The van der Waals surface area contributed by atoms with Crippen molar-refractivity contribution < 1.29 is 0 Å². The molecule has 1 saturated heterocycles. The molecule has 0 aromatic rings. The second kappa shape index (κ2) is 8.23. The van der Waals surface area contributed by atoms with Crippen LogP contribution in [0, 0.1) is 0 Å². The molecule has 0 atom stereocenters. The monoisotopic (exact) mass is 235 g/mol. The van der Waals surface area contributed by atoms with Gasteiger partial charge in [0.1, 0.15) is 0 Å². The average Bonchev–Trinajstić information content (AvgIpc) is 2.33. The fourth-order valence-electron chi connectivity index (χ4n) is 2.14. The summed E-state index contributed by atoms with van der Waals surface area (Å²) in [6.07, 6.45) is 8.19. The van der Waals surface area contributed by atoms with Crippen LogP contribution in [0.1, 0.15) is 6.92 Å². The van der Waals surface area contributed by atoms with Crippen LogP contribution in [-0.2, 0) is 0 Å². The lowest BCUT2D eigenvalue weighted by molar-refractivity contribution is 0.144. The van der Waals surface area contributed by atoms with Crippen molar-refractivity contribution in [3.05, 3.63) is 36.5 Å². The molecule has 0 radical (unpaired) electrons. The van der Waals surface area contributed by atoms with Crippen LogP contribution in [0.25, 0.3) is 0 Å². The van der Waals surface area contributed by atoms with E-state index in [2.05, 4.69) is 41.5 Å². The summed E-state index contributed by atoms with van der Waals surface area (Å²) in [6, 6.07) is 0. The van der Waals surface area contributed by atoms with E-state index in [1.54, 1.807) is 0 Å². The molecule has 1 heterocycles. The van der Waals surface area contributed by atoms with Crippen molar-refractivity contribution in [2.75, 3.05) is 45.8 Å². The number of rotatable bonds is 6. The van der Waals surface area contributed by atoms with E-state index in [0.717, 1.165) is 45.8 Å². The zero-order valence-corrected chi connectivity index (χ0v) is 10.9. The van der Waals surface area contributed by atoms with E-state index in [0.29, 0.717) is 0 Å². The summed E-state index contributed by atoms with van der Waals surface area (Å²) in [7, 11) is 0. The smallest absolute Gasteiger partial charge is 0.0234 e. The van der Waals surface area contributed by atoms with Gasteiger partial charge in [-0.05, 0) is 12.5 Å². The lowest BCUT2D eigenvalue weighted by atomic mass is 10.2. The van der Waals surface area contributed by atoms with E-state index in [4.69, 9.17) is 5.73 Å². The minimum Gasteiger partial charge on any atom is -0.329 e. The van der Waals surface area contributed by atoms with E-state index in [-0.39, 0.29) is 0 Å². The number of piperazine rings is 1. The van der Waals surface area contributed by atoms with E-state index < -0.39 is 0 Å². The minimum absolute atomic E-state index is 0.764. The van der Waals surface area contributed by atoms with Gasteiger partial charge in [0.15, 0.2) is 0 Å². The molecule has 3 nitrogen and oxygen atoms in total. The first-order valence-electron chi connectivity index (χ1n) is 6.39. The Morgan fingerprint density at radius 1 is 1.24 bits per heavy atom. The molecule has 0 aliphatic carbocycles. The number of nitrogens with two attached hydrogens (primary N) is 1. The largest absolute Gasteiger partial charge is 0.329 e. The molecule has 96 valence electrons. The fraction of sp³-hybridized carbons (Fsp3) is 0.571. The van der Waals surface area contributed by atoms with Crippen LogP contribution in [0.2, 0.25) is 0 Å². The van der Waals surface area contributed by atoms with Crippen LogP contribution < -0.4 is 5.73 Å². The molecule has 0 bridgehead atoms. The third-order valence-corrected chi connectivity index (χ3v) is 3.03. The first-order chi connectivity index (χ1) is 8.30. The van der Waals surface area contributed by atoms with E-state index >= 15 is 0 Å².